The number of hydrogen-bond donors (Lipinski definition) is 2. The zero-order chi connectivity index (χ0) is 14.3. The van der Waals surface area contributed by atoms with E-state index in [0.29, 0.717) is 18.7 Å². The second-order valence-electron chi connectivity index (χ2n) is 4.63. The maximum atomic E-state index is 12.0. The summed E-state index contributed by atoms with van der Waals surface area (Å²) in [6.07, 6.45) is 4.78. The molecule has 0 saturated heterocycles. The molecule has 2 N–H and O–H groups in total. The third-order valence-corrected chi connectivity index (χ3v) is 3.11. The minimum Gasteiger partial charge on any atom is -0.504 e. The summed E-state index contributed by atoms with van der Waals surface area (Å²) >= 11 is 0. The molecule has 1 aromatic rings. The van der Waals surface area contributed by atoms with E-state index >= 15 is 0 Å². The SMILES string of the molecule is CCCCCCN(C(=O)CC)c1ccc(O)c(O)c1. The Morgan fingerprint density at radius 3 is 2.42 bits per heavy atom. The summed E-state index contributed by atoms with van der Waals surface area (Å²) in [4.78, 5) is 13.6. The number of amides is 1. The Morgan fingerprint density at radius 1 is 1.11 bits per heavy atom. The number of benzene rings is 1. The van der Waals surface area contributed by atoms with E-state index in [1.807, 2.05) is 6.92 Å². The number of anilines is 1. The van der Waals surface area contributed by atoms with E-state index in [2.05, 4.69) is 6.92 Å². The largest absolute Gasteiger partial charge is 0.504 e. The molecule has 0 aliphatic heterocycles. The summed E-state index contributed by atoms with van der Waals surface area (Å²) in [5, 5.41) is 18.8. The molecule has 0 atom stereocenters. The molecule has 1 aromatic carbocycles. The number of phenols is 2. The zero-order valence-electron chi connectivity index (χ0n) is 11.7. The highest BCUT2D eigenvalue weighted by Crippen LogP contribution is 2.30. The summed E-state index contributed by atoms with van der Waals surface area (Å²) in [6.45, 7) is 4.62. The lowest BCUT2D eigenvalue weighted by molar-refractivity contribution is -0.118. The van der Waals surface area contributed by atoms with Gasteiger partial charge in [-0.1, -0.05) is 33.1 Å². The summed E-state index contributed by atoms with van der Waals surface area (Å²) in [6, 6.07) is 4.50. The van der Waals surface area contributed by atoms with E-state index in [9.17, 15) is 15.0 Å². The highest BCUT2D eigenvalue weighted by molar-refractivity contribution is 5.93. The van der Waals surface area contributed by atoms with Crippen molar-refractivity contribution in [2.45, 2.75) is 46.0 Å². The lowest BCUT2D eigenvalue weighted by Crippen LogP contribution is -2.31. The maximum Gasteiger partial charge on any atom is 0.226 e. The fourth-order valence-electron chi connectivity index (χ4n) is 1.97. The molecule has 0 spiro atoms. The maximum absolute atomic E-state index is 12.0. The third-order valence-electron chi connectivity index (χ3n) is 3.11. The van der Waals surface area contributed by atoms with Crippen LogP contribution in [0.5, 0.6) is 11.5 Å². The number of carbonyl (C=O) groups excluding carboxylic acids is 1. The number of nitrogens with zero attached hydrogens (tertiary/aromatic N) is 1. The first-order valence-corrected chi connectivity index (χ1v) is 6.92. The van der Waals surface area contributed by atoms with Crippen LogP contribution in [0.2, 0.25) is 0 Å². The second-order valence-corrected chi connectivity index (χ2v) is 4.63. The Kier molecular flexibility index (Phi) is 6.19. The van der Waals surface area contributed by atoms with Crippen LogP contribution in [0, 0.1) is 0 Å². The normalized spacial score (nSPS) is 10.4. The molecule has 0 heterocycles. The van der Waals surface area contributed by atoms with Crippen LogP contribution in [-0.4, -0.2) is 22.7 Å². The van der Waals surface area contributed by atoms with Crippen LogP contribution in [0.15, 0.2) is 18.2 Å². The fraction of sp³-hybridized carbons (Fsp3) is 0.533. The molecule has 0 aliphatic rings. The van der Waals surface area contributed by atoms with Crippen molar-refractivity contribution in [2.75, 3.05) is 11.4 Å². The third kappa shape index (κ3) is 4.47. The van der Waals surface area contributed by atoms with Crippen LogP contribution in [0.3, 0.4) is 0 Å². The van der Waals surface area contributed by atoms with Crippen molar-refractivity contribution >= 4 is 11.6 Å². The van der Waals surface area contributed by atoms with Crippen molar-refractivity contribution in [3.05, 3.63) is 18.2 Å². The van der Waals surface area contributed by atoms with Gasteiger partial charge in [0, 0.05) is 24.7 Å². The standard InChI is InChI=1S/C15H23NO3/c1-3-5-6-7-10-16(15(19)4-2)12-8-9-13(17)14(18)11-12/h8-9,11,17-18H,3-7,10H2,1-2H3. The van der Waals surface area contributed by atoms with Gasteiger partial charge in [-0.15, -0.1) is 0 Å². The van der Waals surface area contributed by atoms with Crippen molar-refractivity contribution in [3.63, 3.8) is 0 Å². The predicted molar refractivity (Wildman–Crippen MR) is 76.6 cm³/mol. The van der Waals surface area contributed by atoms with Crippen molar-refractivity contribution in [2.24, 2.45) is 0 Å². The van der Waals surface area contributed by atoms with E-state index in [1.54, 1.807) is 11.0 Å². The Hall–Kier alpha value is -1.71. The summed E-state index contributed by atoms with van der Waals surface area (Å²) < 4.78 is 0. The van der Waals surface area contributed by atoms with Crippen LogP contribution < -0.4 is 4.90 Å². The monoisotopic (exact) mass is 265 g/mol. The van der Waals surface area contributed by atoms with Crippen molar-refractivity contribution in [3.8, 4) is 11.5 Å². The number of hydrogen-bond acceptors (Lipinski definition) is 3. The van der Waals surface area contributed by atoms with E-state index in [0.717, 1.165) is 25.7 Å². The lowest BCUT2D eigenvalue weighted by Gasteiger charge is -2.22. The van der Waals surface area contributed by atoms with Gasteiger partial charge in [-0.25, -0.2) is 0 Å². The summed E-state index contributed by atoms with van der Waals surface area (Å²) in [5.74, 6) is -0.333. The lowest BCUT2D eigenvalue weighted by atomic mass is 10.1. The average Bonchev–Trinajstić information content (AvgIpc) is 2.41. The van der Waals surface area contributed by atoms with Crippen molar-refractivity contribution in [1.82, 2.24) is 0 Å². The molecule has 0 aliphatic carbocycles. The van der Waals surface area contributed by atoms with Crippen LogP contribution in [-0.2, 0) is 4.79 Å². The van der Waals surface area contributed by atoms with Gasteiger partial charge < -0.3 is 15.1 Å². The Bertz CT molecular complexity index is 418. The van der Waals surface area contributed by atoms with E-state index in [4.69, 9.17) is 0 Å². The predicted octanol–water partition coefficient (Wildman–Crippen LogP) is 3.42. The van der Waals surface area contributed by atoms with Gasteiger partial charge in [0.25, 0.3) is 0 Å². The number of carbonyl (C=O) groups is 1. The van der Waals surface area contributed by atoms with Crippen molar-refractivity contribution in [1.29, 1.82) is 0 Å². The van der Waals surface area contributed by atoms with Gasteiger partial charge in [-0.05, 0) is 18.6 Å². The van der Waals surface area contributed by atoms with Crippen LogP contribution in [0.1, 0.15) is 46.0 Å². The summed E-state index contributed by atoms with van der Waals surface area (Å²) in [7, 11) is 0. The first-order chi connectivity index (χ1) is 9.10. The number of phenolic OH excluding ortho intramolecular Hbond substituents is 2. The minimum atomic E-state index is -0.194. The molecule has 1 rings (SSSR count). The highest BCUT2D eigenvalue weighted by atomic mass is 16.3. The van der Waals surface area contributed by atoms with Gasteiger partial charge >= 0.3 is 0 Å². The van der Waals surface area contributed by atoms with Crippen molar-refractivity contribution < 1.29 is 15.0 Å². The van der Waals surface area contributed by atoms with Gasteiger partial charge in [0.1, 0.15) is 0 Å². The first-order valence-electron chi connectivity index (χ1n) is 6.92. The molecule has 0 fully saturated rings. The number of unbranched alkanes of at least 4 members (excludes halogenated alkanes) is 3. The molecular weight excluding hydrogens is 242 g/mol. The molecule has 4 heteroatoms. The molecule has 0 unspecified atom stereocenters. The Labute approximate surface area is 114 Å². The second kappa shape index (κ2) is 7.67. The number of aromatic hydroxyl groups is 2. The minimum absolute atomic E-state index is 0.0292. The smallest absolute Gasteiger partial charge is 0.226 e. The molecular formula is C15H23NO3. The van der Waals surface area contributed by atoms with E-state index in [-0.39, 0.29) is 17.4 Å². The van der Waals surface area contributed by atoms with E-state index < -0.39 is 0 Å². The molecule has 0 radical (unpaired) electrons. The van der Waals surface area contributed by atoms with Gasteiger partial charge in [0.15, 0.2) is 11.5 Å². The van der Waals surface area contributed by atoms with Crippen LogP contribution >= 0.6 is 0 Å². The van der Waals surface area contributed by atoms with Gasteiger partial charge in [-0.3, -0.25) is 4.79 Å². The highest BCUT2D eigenvalue weighted by Gasteiger charge is 2.14. The molecule has 1 amide bonds. The summed E-state index contributed by atoms with van der Waals surface area (Å²) in [5.41, 5.74) is 0.638. The molecule has 4 nitrogen and oxygen atoms in total. The van der Waals surface area contributed by atoms with E-state index in [1.165, 1.54) is 12.1 Å². The molecule has 106 valence electrons. The van der Waals surface area contributed by atoms with Crippen LogP contribution in [0.25, 0.3) is 0 Å². The quantitative estimate of drug-likeness (QED) is 0.586. The van der Waals surface area contributed by atoms with Gasteiger partial charge in [0.2, 0.25) is 5.91 Å². The Balaban J connectivity index is 2.78. The van der Waals surface area contributed by atoms with Crippen LogP contribution in [0.4, 0.5) is 5.69 Å². The fourth-order valence-corrected chi connectivity index (χ4v) is 1.97. The molecule has 0 aromatic heterocycles. The zero-order valence-corrected chi connectivity index (χ0v) is 11.7. The average molecular weight is 265 g/mol. The number of rotatable bonds is 7. The molecule has 0 bridgehead atoms. The molecule has 19 heavy (non-hydrogen) atoms. The topological polar surface area (TPSA) is 60.8 Å². The Morgan fingerprint density at radius 2 is 1.84 bits per heavy atom. The molecule has 0 saturated carbocycles. The van der Waals surface area contributed by atoms with Gasteiger partial charge in [0.05, 0.1) is 0 Å². The van der Waals surface area contributed by atoms with Gasteiger partial charge in [-0.2, -0.15) is 0 Å². The first kappa shape index (κ1) is 15.3.